The summed E-state index contributed by atoms with van der Waals surface area (Å²) in [6.45, 7) is 0. The molecule has 0 radical (unpaired) electrons. The highest BCUT2D eigenvalue weighted by molar-refractivity contribution is 5.75. The Balaban J connectivity index is 1.80. The first-order valence-electron chi connectivity index (χ1n) is 7.83. The fourth-order valence-electron chi connectivity index (χ4n) is 3.88. The molecule has 0 bridgehead atoms. The summed E-state index contributed by atoms with van der Waals surface area (Å²) in [6.07, 6.45) is 12.1. The van der Waals surface area contributed by atoms with Crippen LogP contribution >= 0.6 is 0 Å². The molecule has 2 saturated carbocycles. The lowest BCUT2D eigenvalue weighted by Crippen LogP contribution is -2.32. The van der Waals surface area contributed by atoms with Gasteiger partial charge < -0.3 is 9.67 Å². The molecular weight excluding hydrogens is 254 g/mol. The van der Waals surface area contributed by atoms with Gasteiger partial charge in [-0.25, -0.2) is 0 Å². The number of carboxylic acid groups (broad SMARTS) is 1. The standard InChI is InChI=1S/C15H23N3O2/c19-14(20)15(8-4-5-9-15)10-13-17-16-11-18(13)12-6-2-1-3-7-12/h11-12H,1-10H2,(H,19,20). The molecule has 2 aliphatic rings. The van der Waals surface area contributed by atoms with Crippen LogP contribution in [-0.2, 0) is 11.2 Å². The van der Waals surface area contributed by atoms with Gasteiger partial charge in [0.25, 0.3) is 0 Å². The minimum Gasteiger partial charge on any atom is -0.481 e. The van der Waals surface area contributed by atoms with Gasteiger partial charge in [-0.05, 0) is 25.7 Å². The van der Waals surface area contributed by atoms with E-state index in [0.29, 0.717) is 12.5 Å². The van der Waals surface area contributed by atoms with Crippen molar-refractivity contribution in [2.45, 2.75) is 70.3 Å². The monoisotopic (exact) mass is 277 g/mol. The van der Waals surface area contributed by atoms with E-state index in [9.17, 15) is 9.90 Å². The number of carboxylic acids is 1. The van der Waals surface area contributed by atoms with Gasteiger partial charge in [-0.3, -0.25) is 4.79 Å². The molecular formula is C15H23N3O2. The summed E-state index contributed by atoms with van der Waals surface area (Å²) >= 11 is 0. The van der Waals surface area contributed by atoms with Gasteiger partial charge in [-0.15, -0.1) is 10.2 Å². The Morgan fingerprint density at radius 1 is 1.25 bits per heavy atom. The first-order chi connectivity index (χ1) is 9.71. The van der Waals surface area contributed by atoms with Crippen LogP contribution in [0.2, 0.25) is 0 Å². The Bertz CT molecular complexity index is 471. The summed E-state index contributed by atoms with van der Waals surface area (Å²) in [4.78, 5) is 11.7. The van der Waals surface area contributed by atoms with E-state index in [-0.39, 0.29) is 0 Å². The molecule has 0 spiro atoms. The maximum atomic E-state index is 11.7. The van der Waals surface area contributed by atoms with Crippen molar-refractivity contribution in [3.05, 3.63) is 12.2 Å². The second-order valence-corrected chi connectivity index (χ2v) is 6.42. The summed E-state index contributed by atoms with van der Waals surface area (Å²) in [5.41, 5.74) is -0.598. The molecule has 2 aliphatic carbocycles. The fourth-order valence-corrected chi connectivity index (χ4v) is 3.88. The lowest BCUT2D eigenvalue weighted by atomic mass is 9.82. The van der Waals surface area contributed by atoms with Crippen LogP contribution in [0.5, 0.6) is 0 Å². The third kappa shape index (κ3) is 2.45. The SMILES string of the molecule is O=C(O)C1(Cc2nncn2C2CCCCC2)CCCC1. The number of hydrogen-bond donors (Lipinski definition) is 1. The Kier molecular flexibility index (Phi) is 3.76. The lowest BCUT2D eigenvalue weighted by Gasteiger charge is -2.27. The van der Waals surface area contributed by atoms with Crippen molar-refractivity contribution in [3.8, 4) is 0 Å². The van der Waals surface area contributed by atoms with Gasteiger partial charge >= 0.3 is 5.97 Å². The van der Waals surface area contributed by atoms with Crippen LogP contribution in [0.1, 0.15) is 69.7 Å². The van der Waals surface area contributed by atoms with Crippen molar-refractivity contribution in [1.82, 2.24) is 14.8 Å². The average Bonchev–Trinajstić information content (AvgIpc) is 3.10. The highest BCUT2D eigenvalue weighted by atomic mass is 16.4. The molecule has 5 heteroatoms. The van der Waals surface area contributed by atoms with E-state index in [4.69, 9.17) is 0 Å². The van der Waals surface area contributed by atoms with Crippen LogP contribution in [0, 0.1) is 5.41 Å². The van der Waals surface area contributed by atoms with Crippen molar-refractivity contribution < 1.29 is 9.90 Å². The smallest absolute Gasteiger partial charge is 0.310 e. The number of hydrogen-bond acceptors (Lipinski definition) is 3. The zero-order valence-corrected chi connectivity index (χ0v) is 11.9. The number of nitrogens with zero attached hydrogens (tertiary/aromatic N) is 3. The predicted molar refractivity (Wildman–Crippen MR) is 74.4 cm³/mol. The van der Waals surface area contributed by atoms with Crippen LogP contribution in [0.25, 0.3) is 0 Å². The molecule has 5 nitrogen and oxygen atoms in total. The number of aliphatic carboxylic acids is 1. The highest BCUT2D eigenvalue weighted by Gasteiger charge is 2.42. The largest absolute Gasteiger partial charge is 0.481 e. The second kappa shape index (κ2) is 5.54. The van der Waals surface area contributed by atoms with E-state index < -0.39 is 11.4 Å². The molecule has 0 aliphatic heterocycles. The molecule has 110 valence electrons. The van der Waals surface area contributed by atoms with Gasteiger partial charge in [0.1, 0.15) is 12.2 Å². The molecule has 1 aromatic rings. The molecule has 1 N–H and O–H groups in total. The normalized spacial score (nSPS) is 23.0. The predicted octanol–water partition coefficient (Wildman–Crippen LogP) is 2.97. The summed E-state index contributed by atoms with van der Waals surface area (Å²) < 4.78 is 2.15. The highest BCUT2D eigenvalue weighted by Crippen LogP contribution is 2.41. The molecule has 0 atom stereocenters. The number of aromatic nitrogens is 3. The maximum absolute atomic E-state index is 11.7. The van der Waals surface area contributed by atoms with E-state index in [2.05, 4.69) is 14.8 Å². The topological polar surface area (TPSA) is 68.0 Å². The van der Waals surface area contributed by atoms with Crippen molar-refractivity contribution in [2.75, 3.05) is 0 Å². The van der Waals surface area contributed by atoms with Gasteiger partial charge in [0.05, 0.1) is 5.41 Å². The number of rotatable bonds is 4. The Hall–Kier alpha value is -1.39. The quantitative estimate of drug-likeness (QED) is 0.918. The van der Waals surface area contributed by atoms with Gasteiger partial charge in [-0.2, -0.15) is 0 Å². The molecule has 0 saturated heterocycles. The van der Waals surface area contributed by atoms with Gasteiger partial charge in [0, 0.05) is 12.5 Å². The van der Waals surface area contributed by atoms with E-state index in [1.54, 1.807) is 6.33 Å². The second-order valence-electron chi connectivity index (χ2n) is 6.42. The van der Waals surface area contributed by atoms with Crippen molar-refractivity contribution in [1.29, 1.82) is 0 Å². The van der Waals surface area contributed by atoms with E-state index in [0.717, 1.165) is 31.5 Å². The van der Waals surface area contributed by atoms with Crippen LogP contribution in [0.4, 0.5) is 0 Å². The Labute approximate surface area is 119 Å². The Morgan fingerprint density at radius 3 is 2.60 bits per heavy atom. The summed E-state index contributed by atoms with van der Waals surface area (Å²) in [5.74, 6) is 0.217. The maximum Gasteiger partial charge on any atom is 0.310 e. The van der Waals surface area contributed by atoms with E-state index in [1.807, 2.05) is 0 Å². The third-order valence-electron chi connectivity index (χ3n) is 5.13. The molecule has 0 unspecified atom stereocenters. The Morgan fingerprint density at radius 2 is 1.95 bits per heavy atom. The molecule has 3 rings (SSSR count). The van der Waals surface area contributed by atoms with Gasteiger partial charge in [0.15, 0.2) is 0 Å². The van der Waals surface area contributed by atoms with Crippen molar-refractivity contribution in [2.24, 2.45) is 5.41 Å². The van der Waals surface area contributed by atoms with Crippen LogP contribution in [0.3, 0.4) is 0 Å². The van der Waals surface area contributed by atoms with Crippen molar-refractivity contribution in [3.63, 3.8) is 0 Å². The van der Waals surface area contributed by atoms with Crippen molar-refractivity contribution >= 4 is 5.97 Å². The van der Waals surface area contributed by atoms with E-state index >= 15 is 0 Å². The molecule has 1 aromatic heterocycles. The van der Waals surface area contributed by atoms with Crippen LogP contribution in [-0.4, -0.2) is 25.8 Å². The van der Waals surface area contributed by atoms with Crippen LogP contribution in [0.15, 0.2) is 6.33 Å². The summed E-state index contributed by atoms with van der Waals surface area (Å²) in [7, 11) is 0. The molecule has 20 heavy (non-hydrogen) atoms. The lowest BCUT2D eigenvalue weighted by molar-refractivity contribution is -0.148. The molecule has 1 heterocycles. The zero-order chi connectivity index (χ0) is 14.0. The van der Waals surface area contributed by atoms with E-state index in [1.165, 1.54) is 32.1 Å². The molecule has 2 fully saturated rings. The van der Waals surface area contributed by atoms with Gasteiger partial charge in [0.2, 0.25) is 0 Å². The first kappa shape index (κ1) is 13.6. The van der Waals surface area contributed by atoms with Crippen LogP contribution < -0.4 is 0 Å². The molecule has 0 amide bonds. The molecule has 0 aromatic carbocycles. The fraction of sp³-hybridized carbons (Fsp3) is 0.800. The van der Waals surface area contributed by atoms with Gasteiger partial charge in [-0.1, -0.05) is 32.1 Å². The number of carbonyl (C=O) groups is 1. The third-order valence-corrected chi connectivity index (χ3v) is 5.13. The summed E-state index contributed by atoms with van der Waals surface area (Å²) in [6, 6.07) is 0.473. The first-order valence-corrected chi connectivity index (χ1v) is 7.83. The zero-order valence-electron chi connectivity index (χ0n) is 11.9. The minimum absolute atomic E-state index is 0.473. The summed E-state index contributed by atoms with van der Waals surface area (Å²) in [5, 5.41) is 17.9. The minimum atomic E-state index is -0.659. The average molecular weight is 277 g/mol.